The molecular formula is C11H23NO2S. The molecule has 0 amide bonds. The summed E-state index contributed by atoms with van der Waals surface area (Å²) in [4.78, 5) is 0. The maximum atomic E-state index is 11.3. The van der Waals surface area contributed by atoms with E-state index in [1.165, 1.54) is 0 Å². The molecule has 0 aromatic heterocycles. The molecule has 0 aliphatic carbocycles. The first-order valence-electron chi connectivity index (χ1n) is 5.82. The molecule has 1 N–H and O–H groups in total. The second-order valence-corrected chi connectivity index (χ2v) is 7.32. The van der Waals surface area contributed by atoms with Crippen LogP contribution in [-0.2, 0) is 9.84 Å². The average molecular weight is 233 g/mol. The Balaban J connectivity index is 2.49. The van der Waals surface area contributed by atoms with Crippen LogP contribution in [-0.4, -0.2) is 33.0 Å². The molecule has 1 saturated heterocycles. The number of nitrogens with one attached hydrogen (secondary N) is 1. The van der Waals surface area contributed by atoms with Crippen LogP contribution in [0.3, 0.4) is 0 Å². The molecule has 0 bridgehead atoms. The Bertz CT molecular complexity index is 271. The standard InChI is InChI=1S/C11H23NO2S/c1-9(2)8-11(12-3)10-4-6-15(13,14)7-5-10/h9-12H,4-8H2,1-3H3. The van der Waals surface area contributed by atoms with Gasteiger partial charge in [0, 0.05) is 6.04 Å². The number of hydrogen-bond acceptors (Lipinski definition) is 3. The highest BCUT2D eigenvalue weighted by Gasteiger charge is 2.28. The first-order chi connectivity index (χ1) is 6.94. The first kappa shape index (κ1) is 13.0. The molecule has 90 valence electrons. The van der Waals surface area contributed by atoms with E-state index in [-0.39, 0.29) is 0 Å². The predicted octanol–water partition coefficient (Wildman–Crippen LogP) is 1.45. The number of rotatable bonds is 4. The third-order valence-electron chi connectivity index (χ3n) is 3.26. The third kappa shape index (κ3) is 4.11. The van der Waals surface area contributed by atoms with Crippen molar-refractivity contribution in [3.8, 4) is 0 Å². The maximum Gasteiger partial charge on any atom is 0.150 e. The Morgan fingerprint density at radius 3 is 2.20 bits per heavy atom. The molecule has 1 fully saturated rings. The zero-order valence-corrected chi connectivity index (χ0v) is 10.8. The lowest BCUT2D eigenvalue weighted by atomic mass is 9.88. The van der Waals surface area contributed by atoms with Gasteiger partial charge in [-0.05, 0) is 38.1 Å². The van der Waals surface area contributed by atoms with Crippen molar-refractivity contribution in [2.75, 3.05) is 18.6 Å². The fourth-order valence-electron chi connectivity index (χ4n) is 2.36. The number of hydrogen-bond donors (Lipinski definition) is 1. The second kappa shape index (κ2) is 5.30. The van der Waals surface area contributed by atoms with Gasteiger partial charge in [0.25, 0.3) is 0 Å². The fourth-order valence-corrected chi connectivity index (χ4v) is 3.89. The summed E-state index contributed by atoms with van der Waals surface area (Å²) in [6.45, 7) is 4.42. The van der Waals surface area contributed by atoms with Crippen molar-refractivity contribution >= 4 is 9.84 Å². The van der Waals surface area contributed by atoms with Gasteiger partial charge in [0.1, 0.15) is 9.84 Å². The molecule has 1 atom stereocenters. The molecule has 0 radical (unpaired) electrons. The van der Waals surface area contributed by atoms with Gasteiger partial charge in [-0.1, -0.05) is 13.8 Å². The minimum Gasteiger partial charge on any atom is -0.317 e. The van der Waals surface area contributed by atoms with Crippen molar-refractivity contribution in [3.05, 3.63) is 0 Å². The molecule has 4 heteroatoms. The van der Waals surface area contributed by atoms with Crippen LogP contribution in [0.1, 0.15) is 33.1 Å². The Labute approximate surface area is 93.6 Å². The monoisotopic (exact) mass is 233 g/mol. The molecule has 3 nitrogen and oxygen atoms in total. The molecule has 0 aromatic carbocycles. The lowest BCUT2D eigenvalue weighted by Crippen LogP contribution is -2.39. The van der Waals surface area contributed by atoms with Gasteiger partial charge in [-0.3, -0.25) is 0 Å². The molecule has 1 unspecified atom stereocenters. The van der Waals surface area contributed by atoms with E-state index in [0.717, 1.165) is 19.3 Å². The van der Waals surface area contributed by atoms with E-state index in [0.29, 0.717) is 29.4 Å². The fraction of sp³-hybridized carbons (Fsp3) is 1.00. The van der Waals surface area contributed by atoms with E-state index >= 15 is 0 Å². The van der Waals surface area contributed by atoms with E-state index in [2.05, 4.69) is 19.2 Å². The summed E-state index contributed by atoms with van der Waals surface area (Å²) in [6.07, 6.45) is 2.81. The highest BCUT2D eigenvalue weighted by Crippen LogP contribution is 2.25. The van der Waals surface area contributed by atoms with E-state index in [1.54, 1.807) is 0 Å². The summed E-state index contributed by atoms with van der Waals surface area (Å²) in [6, 6.07) is 0.487. The van der Waals surface area contributed by atoms with Gasteiger partial charge < -0.3 is 5.32 Å². The third-order valence-corrected chi connectivity index (χ3v) is 4.98. The summed E-state index contributed by atoms with van der Waals surface area (Å²) >= 11 is 0. The van der Waals surface area contributed by atoms with Crippen LogP contribution in [0.15, 0.2) is 0 Å². The molecule has 0 aromatic rings. The summed E-state index contributed by atoms with van der Waals surface area (Å²) in [5, 5.41) is 3.34. The lowest BCUT2D eigenvalue weighted by molar-refractivity contribution is 0.300. The average Bonchev–Trinajstić information content (AvgIpc) is 2.14. The van der Waals surface area contributed by atoms with E-state index < -0.39 is 9.84 Å². The molecule has 15 heavy (non-hydrogen) atoms. The van der Waals surface area contributed by atoms with Crippen LogP contribution in [0.4, 0.5) is 0 Å². The van der Waals surface area contributed by atoms with Crippen LogP contribution in [0, 0.1) is 11.8 Å². The molecule has 1 aliphatic heterocycles. The summed E-state index contributed by atoms with van der Waals surface area (Å²) in [5.74, 6) is 1.98. The largest absolute Gasteiger partial charge is 0.317 e. The van der Waals surface area contributed by atoms with E-state index in [1.807, 2.05) is 7.05 Å². The molecule has 1 rings (SSSR count). The van der Waals surface area contributed by atoms with Crippen molar-refractivity contribution in [1.29, 1.82) is 0 Å². The molecular weight excluding hydrogens is 210 g/mol. The molecule has 0 spiro atoms. The van der Waals surface area contributed by atoms with Crippen molar-refractivity contribution in [2.24, 2.45) is 11.8 Å². The zero-order valence-electron chi connectivity index (χ0n) is 9.99. The van der Waals surface area contributed by atoms with Crippen LogP contribution in [0.25, 0.3) is 0 Å². The van der Waals surface area contributed by atoms with Crippen molar-refractivity contribution in [2.45, 2.75) is 39.2 Å². The SMILES string of the molecule is CNC(CC(C)C)C1CCS(=O)(=O)CC1. The lowest BCUT2D eigenvalue weighted by Gasteiger charge is -2.31. The maximum absolute atomic E-state index is 11.3. The quantitative estimate of drug-likeness (QED) is 0.799. The molecule has 0 saturated carbocycles. The minimum absolute atomic E-state index is 0.383. The smallest absolute Gasteiger partial charge is 0.150 e. The Morgan fingerprint density at radius 2 is 1.80 bits per heavy atom. The van der Waals surface area contributed by atoms with E-state index in [9.17, 15) is 8.42 Å². The van der Waals surface area contributed by atoms with Crippen molar-refractivity contribution in [1.82, 2.24) is 5.32 Å². The highest BCUT2D eigenvalue weighted by atomic mass is 32.2. The Hall–Kier alpha value is -0.0900. The van der Waals surface area contributed by atoms with E-state index in [4.69, 9.17) is 0 Å². The Morgan fingerprint density at radius 1 is 1.27 bits per heavy atom. The topological polar surface area (TPSA) is 46.2 Å². The van der Waals surface area contributed by atoms with Gasteiger partial charge in [-0.25, -0.2) is 8.42 Å². The van der Waals surface area contributed by atoms with Crippen LogP contribution in [0.2, 0.25) is 0 Å². The van der Waals surface area contributed by atoms with Gasteiger partial charge in [0.15, 0.2) is 0 Å². The normalized spacial score (nSPS) is 24.3. The molecule has 1 heterocycles. The zero-order chi connectivity index (χ0) is 11.5. The minimum atomic E-state index is -2.71. The van der Waals surface area contributed by atoms with Gasteiger partial charge in [-0.15, -0.1) is 0 Å². The summed E-state index contributed by atoms with van der Waals surface area (Å²) < 4.78 is 22.6. The summed E-state index contributed by atoms with van der Waals surface area (Å²) in [5.41, 5.74) is 0. The first-order valence-corrected chi connectivity index (χ1v) is 7.64. The van der Waals surface area contributed by atoms with Crippen molar-refractivity contribution < 1.29 is 8.42 Å². The van der Waals surface area contributed by atoms with Gasteiger partial charge in [0.2, 0.25) is 0 Å². The second-order valence-electron chi connectivity index (χ2n) is 5.01. The van der Waals surface area contributed by atoms with Crippen LogP contribution in [0.5, 0.6) is 0 Å². The van der Waals surface area contributed by atoms with Gasteiger partial charge >= 0.3 is 0 Å². The summed E-state index contributed by atoms with van der Waals surface area (Å²) in [7, 11) is -0.731. The van der Waals surface area contributed by atoms with Crippen LogP contribution >= 0.6 is 0 Å². The van der Waals surface area contributed by atoms with Crippen LogP contribution < -0.4 is 5.32 Å². The predicted molar refractivity (Wildman–Crippen MR) is 63.7 cm³/mol. The van der Waals surface area contributed by atoms with Gasteiger partial charge in [-0.2, -0.15) is 0 Å². The van der Waals surface area contributed by atoms with Gasteiger partial charge in [0.05, 0.1) is 11.5 Å². The highest BCUT2D eigenvalue weighted by molar-refractivity contribution is 7.91. The number of sulfone groups is 1. The van der Waals surface area contributed by atoms with Crippen molar-refractivity contribution in [3.63, 3.8) is 0 Å². The Kier molecular flexibility index (Phi) is 4.59. The molecule has 1 aliphatic rings.